The molecule has 33 heavy (non-hydrogen) atoms. The largest absolute Gasteiger partial charge is 0.135 e. The van der Waals surface area contributed by atoms with Gasteiger partial charge in [-0.25, -0.2) is 0 Å². The van der Waals surface area contributed by atoms with E-state index in [1.165, 1.54) is 59.1 Å². The highest BCUT2D eigenvalue weighted by Crippen LogP contribution is 2.50. The van der Waals surface area contributed by atoms with Crippen LogP contribution in [-0.2, 0) is 18.3 Å². The van der Waals surface area contributed by atoms with Gasteiger partial charge in [0.25, 0.3) is 0 Å². The lowest BCUT2D eigenvalue weighted by atomic mass is 9.81. The molecule has 1 atom stereocenters. The van der Waals surface area contributed by atoms with Crippen molar-refractivity contribution in [3.8, 4) is 11.1 Å². The predicted molar refractivity (Wildman–Crippen MR) is 145 cm³/mol. The number of aryl methyl sites for hydroxylation is 1. The van der Waals surface area contributed by atoms with Crippen molar-refractivity contribution in [2.75, 3.05) is 0 Å². The SMILES string of the molecule is CCc1cccc2c1-c1ccc(CC(C)c3ccc4sc5ccccc5c4c3)cc1C2(C)C. The summed E-state index contributed by atoms with van der Waals surface area (Å²) in [4.78, 5) is 0. The van der Waals surface area contributed by atoms with E-state index < -0.39 is 0 Å². The van der Waals surface area contributed by atoms with Crippen molar-refractivity contribution in [2.45, 2.75) is 51.9 Å². The van der Waals surface area contributed by atoms with Gasteiger partial charge in [-0.1, -0.05) is 88.4 Å². The Morgan fingerprint density at radius 2 is 1.61 bits per heavy atom. The Balaban J connectivity index is 1.36. The molecule has 1 aromatic heterocycles. The lowest BCUT2D eigenvalue weighted by Crippen LogP contribution is -2.15. The summed E-state index contributed by atoms with van der Waals surface area (Å²) in [5, 5.41) is 2.79. The molecule has 6 rings (SSSR count). The van der Waals surface area contributed by atoms with E-state index in [1.807, 2.05) is 11.3 Å². The highest BCUT2D eigenvalue weighted by Gasteiger charge is 2.36. The maximum absolute atomic E-state index is 2.49. The molecule has 164 valence electrons. The first-order chi connectivity index (χ1) is 16.0. The third kappa shape index (κ3) is 3.17. The van der Waals surface area contributed by atoms with Crippen LogP contribution >= 0.6 is 11.3 Å². The van der Waals surface area contributed by atoms with Crippen LogP contribution in [0.15, 0.2) is 78.9 Å². The molecular formula is C32H30S. The quantitative estimate of drug-likeness (QED) is 0.258. The fourth-order valence-corrected chi connectivity index (χ4v) is 6.94. The van der Waals surface area contributed by atoms with E-state index in [4.69, 9.17) is 0 Å². The Kier molecular flexibility index (Phi) is 4.74. The van der Waals surface area contributed by atoms with E-state index in [9.17, 15) is 0 Å². The van der Waals surface area contributed by atoms with Crippen molar-refractivity contribution in [3.05, 3.63) is 107 Å². The van der Waals surface area contributed by atoms with E-state index in [-0.39, 0.29) is 5.41 Å². The van der Waals surface area contributed by atoms with Gasteiger partial charge in [-0.05, 0) is 75.9 Å². The van der Waals surface area contributed by atoms with Gasteiger partial charge in [0.05, 0.1) is 0 Å². The van der Waals surface area contributed by atoms with Gasteiger partial charge in [-0.2, -0.15) is 0 Å². The minimum Gasteiger partial charge on any atom is -0.135 e. The minimum absolute atomic E-state index is 0.0591. The standard InChI is InChI=1S/C32H30S/c1-5-22-9-8-11-27-31(22)25-15-13-21(18-28(25)32(27,3)4)17-20(2)23-14-16-30-26(19-23)24-10-6-7-12-29(24)33-30/h6-16,18-20H,5,17H2,1-4H3. The fourth-order valence-electron chi connectivity index (χ4n) is 5.85. The topological polar surface area (TPSA) is 0 Å². The zero-order valence-electron chi connectivity index (χ0n) is 19.9. The second-order valence-electron chi connectivity index (χ2n) is 10.2. The zero-order chi connectivity index (χ0) is 22.7. The number of hydrogen-bond donors (Lipinski definition) is 0. The Hall–Kier alpha value is -2.90. The molecule has 1 aliphatic rings. The van der Waals surface area contributed by atoms with Crippen LogP contribution in [0.5, 0.6) is 0 Å². The van der Waals surface area contributed by atoms with Crippen LogP contribution in [0, 0.1) is 0 Å². The molecule has 0 radical (unpaired) electrons. The van der Waals surface area contributed by atoms with Gasteiger partial charge >= 0.3 is 0 Å². The molecule has 1 heterocycles. The van der Waals surface area contributed by atoms with Gasteiger partial charge in [0.1, 0.15) is 0 Å². The molecule has 0 N–H and O–H groups in total. The molecule has 0 amide bonds. The Labute approximate surface area is 200 Å². The first kappa shape index (κ1) is 20.7. The number of thiophene rings is 1. The van der Waals surface area contributed by atoms with Crippen molar-refractivity contribution in [2.24, 2.45) is 0 Å². The third-order valence-corrected chi connectivity index (χ3v) is 8.90. The zero-order valence-corrected chi connectivity index (χ0v) is 20.7. The normalized spacial score (nSPS) is 15.0. The van der Waals surface area contributed by atoms with Crippen molar-refractivity contribution in [1.29, 1.82) is 0 Å². The Morgan fingerprint density at radius 3 is 2.45 bits per heavy atom. The lowest BCUT2D eigenvalue weighted by molar-refractivity contribution is 0.657. The molecule has 1 aliphatic carbocycles. The van der Waals surface area contributed by atoms with Gasteiger partial charge in [-0.15, -0.1) is 11.3 Å². The van der Waals surface area contributed by atoms with Crippen molar-refractivity contribution >= 4 is 31.5 Å². The molecule has 1 heteroatoms. The summed E-state index contributed by atoms with van der Waals surface area (Å²) in [6, 6.07) is 30.0. The van der Waals surface area contributed by atoms with Crippen LogP contribution in [0.25, 0.3) is 31.3 Å². The summed E-state index contributed by atoms with van der Waals surface area (Å²) >= 11 is 1.90. The van der Waals surface area contributed by atoms with Crippen LogP contribution in [0.2, 0.25) is 0 Å². The summed E-state index contributed by atoms with van der Waals surface area (Å²) < 4.78 is 2.76. The number of fused-ring (bicyclic) bond motifs is 6. The van der Waals surface area contributed by atoms with Crippen LogP contribution in [0.3, 0.4) is 0 Å². The highest BCUT2D eigenvalue weighted by atomic mass is 32.1. The predicted octanol–water partition coefficient (Wildman–Crippen LogP) is 9.27. The average Bonchev–Trinajstić information content (AvgIpc) is 3.31. The number of hydrogen-bond acceptors (Lipinski definition) is 1. The van der Waals surface area contributed by atoms with E-state index in [0.717, 1.165) is 12.8 Å². The van der Waals surface area contributed by atoms with Gasteiger partial charge < -0.3 is 0 Å². The van der Waals surface area contributed by atoms with Gasteiger partial charge in [0, 0.05) is 25.6 Å². The van der Waals surface area contributed by atoms with Crippen molar-refractivity contribution in [3.63, 3.8) is 0 Å². The average molecular weight is 447 g/mol. The monoisotopic (exact) mass is 446 g/mol. The fraction of sp³-hybridized carbons (Fsp3) is 0.250. The molecule has 0 nitrogen and oxygen atoms in total. The van der Waals surface area contributed by atoms with Crippen LogP contribution in [0.1, 0.15) is 61.4 Å². The van der Waals surface area contributed by atoms with Crippen molar-refractivity contribution < 1.29 is 0 Å². The smallest absolute Gasteiger partial charge is 0.0355 e. The van der Waals surface area contributed by atoms with Gasteiger partial charge in [0.2, 0.25) is 0 Å². The van der Waals surface area contributed by atoms with Gasteiger partial charge in [-0.3, -0.25) is 0 Å². The Morgan fingerprint density at radius 1 is 0.788 bits per heavy atom. The van der Waals surface area contributed by atoms with Gasteiger partial charge in [0.15, 0.2) is 0 Å². The molecule has 0 saturated heterocycles. The van der Waals surface area contributed by atoms with E-state index in [0.29, 0.717) is 5.92 Å². The summed E-state index contributed by atoms with van der Waals surface area (Å²) in [6.45, 7) is 9.42. The van der Waals surface area contributed by atoms with E-state index in [2.05, 4.69) is 107 Å². The summed E-state index contributed by atoms with van der Waals surface area (Å²) in [7, 11) is 0. The molecule has 5 aromatic rings. The van der Waals surface area contributed by atoms with Crippen LogP contribution in [-0.4, -0.2) is 0 Å². The van der Waals surface area contributed by atoms with Crippen LogP contribution in [0.4, 0.5) is 0 Å². The maximum atomic E-state index is 2.49. The second-order valence-corrected chi connectivity index (χ2v) is 11.2. The molecule has 0 saturated carbocycles. The minimum atomic E-state index is 0.0591. The van der Waals surface area contributed by atoms with Crippen LogP contribution < -0.4 is 0 Å². The van der Waals surface area contributed by atoms with E-state index in [1.54, 1.807) is 0 Å². The lowest BCUT2D eigenvalue weighted by Gasteiger charge is -2.22. The molecule has 0 spiro atoms. The molecule has 4 aromatic carbocycles. The summed E-state index contributed by atoms with van der Waals surface area (Å²) in [6.07, 6.45) is 2.14. The molecule has 0 bridgehead atoms. The Bertz CT molecular complexity index is 1510. The molecule has 0 aliphatic heterocycles. The second kappa shape index (κ2) is 7.57. The third-order valence-electron chi connectivity index (χ3n) is 7.74. The molecule has 1 unspecified atom stereocenters. The molecular weight excluding hydrogens is 416 g/mol. The molecule has 0 fully saturated rings. The number of benzene rings is 4. The summed E-state index contributed by atoms with van der Waals surface area (Å²) in [5.41, 5.74) is 10.3. The van der Waals surface area contributed by atoms with E-state index >= 15 is 0 Å². The first-order valence-electron chi connectivity index (χ1n) is 12.1. The number of rotatable bonds is 4. The van der Waals surface area contributed by atoms with Crippen molar-refractivity contribution in [1.82, 2.24) is 0 Å². The maximum Gasteiger partial charge on any atom is 0.0355 e. The highest BCUT2D eigenvalue weighted by molar-refractivity contribution is 7.25. The first-order valence-corrected chi connectivity index (χ1v) is 13.0. The summed E-state index contributed by atoms with van der Waals surface area (Å²) in [5.74, 6) is 0.476.